The fraction of sp³-hybridized carbons (Fsp3) is 0.107. The van der Waals surface area contributed by atoms with Crippen LogP contribution < -0.4 is 4.74 Å². The molecule has 0 fully saturated rings. The molecule has 152 valence electrons. The summed E-state index contributed by atoms with van der Waals surface area (Å²) in [5.74, 6) is 0.807. The standard InChI is InChI=1S/C28H23NO2/c1-2-21-18-25-26(31-19-20-9-4-3-5-10-20)13-8-16-29(25)27(21)28(30)24-15-14-22-11-6-7-12-23(22)17-24/h3-18H,2,19H2,1H3. The molecule has 0 bridgehead atoms. The number of benzene rings is 3. The van der Waals surface area contributed by atoms with Gasteiger partial charge in [0.2, 0.25) is 5.78 Å². The fourth-order valence-corrected chi connectivity index (χ4v) is 4.07. The Labute approximate surface area is 181 Å². The van der Waals surface area contributed by atoms with Crippen molar-refractivity contribution in [3.63, 3.8) is 0 Å². The number of ketones is 1. The van der Waals surface area contributed by atoms with Crippen LogP contribution in [0, 0.1) is 0 Å². The van der Waals surface area contributed by atoms with E-state index >= 15 is 0 Å². The van der Waals surface area contributed by atoms with E-state index in [9.17, 15) is 4.79 Å². The summed E-state index contributed by atoms with van der Waals surface area (Å²) in [5.41, 5.74) is 4.45. The van der Waals surface area contributed by atoms with Crippen molar-refractivity contribution in [2.24, 2.45) is 0 Å². The van der Waals surface area contributed by atoms with E-state index in [-0.39, 0.29) is 5.78 Å². The van der Waals surface area contributed by atoms with Crippen molar-refractivity contribution >= 4 is 22.1 Å². The number of nitrogens with zero attached hydrogens (tertiary/aromatic N) is 1. The molecule has 31 heavy (non-hydrogen) atoms. The van der Waals surface area contributed by atoms with Crippen molar-refractivity contribution in [2.45, 2.75) is 20.0 Å². The highest BCUT2D eigenvalue weighted by atomic mass is 16.5. The summed E-state index contributed by atoms with van der Waals surface area (Å²) in [6, 6.07) is 30.1. The molecule has 0 aliphatic heterocycles. The molecule has 0 saturated heterocycles. The Hall–Kier alpha value is -3.85. The average molecular weight is 405 g/mol. The van der Waals surface area contributed by atoms with Gasteiger partial charge in [-0.05, 0) is 52.6 Å². The molecule has 2 heterocycles. The summed E-state index contributed by atoms with van der Waals surface area (Å²) in [5, 5.41) is 2.20. The first-order valence-corrected chi connectivity index (χ1v) is 10.6. The maximum absolute atomic E-state index is 13.6. The number of pyridine rings is 1. The van der Waals surface area contributed by atoms with E-state index in [2.05, 4.69) is 19.1 Å². The average Bonchev–Trinajstić information content (AvgIpc) is 3.22. The molecule has 3 nitrogen and oxygen atoms in total. The normalized spacial score (nSPS) is 11.1. The van der Waals surface area contributed by atoms with E-state index in [0.29, 0.717) is 17.9 Å². The van der Waals surface area contributed by atoms with Gasteiger partial charge in [0.1, 0.15) is 12.4 Å². The topological polar surface area (TPSA) is 30.7 Å². The lowest BCUT2D eigenvalue weighted by Crippen LogP contribution is -2.08. The van der Waals surface area contributed by atoms with Gasteiger partial charge < -0.3 is 9.14 Å². The SMILES string of the molecule is CCc1cc2c(OCc3ccccc3)cccn2c1C(=O)c1ccc2ccccc2c1. The minimum atomic E-state index is 0.0304. The molecule has 3 aromatic carbocycles. The number of hydrogen-bond donors (Lipinski definition) is 0. The van der Waals surface area contributed by atoms with E-state index in [0.717, 1.165) is 39.6 Å². The molecule has 0 aliphatic rings. The number of rotatable bonds is 6. The Morgan fingerprint density at radius 3 is 2.42 bits per heavy atom. The summed E-state index contributed by atoms with van der Waals surface area (Å²) in [7, 11) is 0. The zero-order valence-electron chi connectivity index (χ0n) is 17.4. The first-order valence-electron chi connectivity index (χ1n) is 10.6. The highest BCUT2D eigenvalue weighted by Crippen LogP contribution is 2.29. The minimum Gasteiger partial charge on any atom is -0.487 e. The molecule has 0 spiro atoms. The molecule has 2 aromatic heterocycles. The molecule has 0 aliphatic carbocycles. The van der Waals surface area contributed by atoms with Gasteiger partial charge in [-0.25, -0.2) is 0 Å². The van der Waals surface area contributed by atoms with Crippen LogP contribution in [-0.4, -0.2) is 10.2 Å². The Morgan fingerprint density at radius 1 is 0.839 bits per heavy atom. The fourth-order valence-electron chi connectivity index (χ4n) is 4.07. The lowest BCUT2D eigenvalue weighted by atomic mass is 10.0. The predicted molar refractivity (Wildman–Crippen MR) is 125 cm³/mol. The van der Waals surface area contributed by atoms with Gasteiger partial charge >= 0.3 is 0 Å². The van der Waals surface area contributed by atoms with Crippen molar-refractivity contribution in [3.8, 4) is 5.75 Å². The quantitative estimate of drug-likeness (QED) is 0.303. The molecule has 0 saturated carbocycles. The van der Waals surface area contributed by atoms with E-state index in [1.807, 2.05) is 89.5 Å². The largest absolute Gasteiger partial charge is 0.487 e. The van der Waals surface area contributed by atoms with Crippen LogP contribution in [0.2, 0.25) is 0 Å². The van der Waals surface area contributed by atoms with Crippen LogP contribution in [0.15, 0.2) is 97.2 Å². The van der Waals surface area contributed by atoms with Crippen molar-refractivity contribution in [2.75, 3.05) is 0 Å². The van der Waals surface area contributed by atoms with Crippen LogP contribution in [0.25, 0.3) is 16.3 Å². The number of ether oxygens (including phenoxy) is 1. The highest BCUT2D eigenvalue weighted by Gasteiger charge is 2.20. The van der Waals surface area contributed by atoms with Crippen LogP contribution >= 0.6 is 0 Å². The first kappa shape index (κ1) is 19.1. The number of aryl methyl sites for hydroxylation is 1. The number of carbonyl (C=O) groups excluding carboxylic acids is 1. The molecule has 5 aromatic rings. The smallest absolute Gasteiger partial charge is 0.210 e. The Bertz CT molecular complexity index is 1380. The number of fused-ring (bicyclic) bond motifs is 2. The second kappa shape index (κ2) is 8.11. The number of hydrogen-bond acceptors (Lipinski definition) is 2. The zero-order chi connectivity index (χ0) is 21.2. The maximum atomic E-state index is 13.6. The molecule has 0 N–H and O–H groups in total. The summed E-state index contributed by atoms with van der Waals surface area (Å²) >= 11 is 0. The second-order valence-electron chi connectivity index (χ2n) is 7.66. The number of carbonyl (C=O) groups is 1. The van der Waals surface area contributed by atoms with Crippen molar-refractivity contribution < 1.29 is 9.53 Å². The number of aromatic nitrogens is 1. The lowest BCUT2D eigenvalue weighted by Gasteiger charge is -2.10. The third-order valence-electron chi connectivity index (χ3n) is 5.70. The van der Waals surface area contributed by atoms with E-state index in [1.165, 1.54) is 0 Å². The maximum Gasteiger partial charge on any atom is 0.210 e. The first-order chi connectivity index (χ1) is 15.2. The zero-order valence-corrected chi connectivity index (χ0v) is 17.4. The second-order valence-corrected chi connectivity index (χ2v) is 7.66. The van der Waals surface area contributed by atoms with Gasteiger partial charge in [0.15, 0.2) is 0 Å². The summed E-state index contributed by atoms with van der Waals surface area (Å²) in [6.07, 6.45) is 2.71. The molecular formula is C28H23NO2. The van der Waals surface area contributed by atoms with E-state index in [4.69, 9.17) is 4.74 Å². The van der Waals surface area contributed by atoms with Crippen LogP contribution in [0.3, 0.4) is 0 Å². The summed E-state index contributed by atoms with van der Waals surface area (Å²) in [4.78, 5) is 13.6. The van der Waals surface area contributed by atoms with Crippen LogP contribution in [0.4, 0.5) is 0 Å². The highest BCUT2D eigenvalue weighted by molar-refractivity contribution is 6.11. The molecule has 5 rings (SSSR count). The van der Waals surface area contributed by atoms with Gasteiger partial charge in [0, 0.05) is 11.8 Å². The van der Waals surface area contributed by atoms with Gasteiger partial charge in [0.25, 0.3) is 0 Å². The van der Waals surface area contributed by atoms with Crippen molar-refractivity contribution in [3.05, 3.63) is 120 Å². The third kappa shape index (κ3) is 3.59. The van der Waals surface area contributed by atoms with Crippen molar-refractivity contribution in [1.29, 1.82) is 0 Å². The summed E-state index contributed by atoms with van der Waals surface area (Å²) in [6.45, 7) is 2.57. The molecule has 0 amide bonds. The lowest BCUT2D eigenvalue weighted by molar-refractivity contribution is 0.103. The monoisotopic (exact) mass is 405 g/mol. The van der Waals surface area contributed by atoms with Gasteiger partial charge in [-0.1, -0.05) is 73.7 Å². The van der Waals surface area contributed by atoms with Gasteiger partial charge in [0.05, 0.1) is 11.2 Å². The molecule has 3 heteroatoms. The Balaban J connectivity index is 1.55. The molecule has 0 unspecified atom stereocenters. The van der Waals surface area contributed by atoms with E-state index in [1.54, 1.807) is 0 Å². The van der Waals surface area contributed by atoms with Crippen molar-refractivity contribution in [1.82, 2.24) is 4.40 Å². The Morgan fingerprint density at radius 2 is 1.61 bits per heavy atom. The van der Waals surface area contributed by atoms with E-state index < -0.39 is 0 Å². The van der Waals surface area contributed by atoms with Crippen LogP contribution in [0.1, 0.15) is 34.1 Å². The molecule has 0 atom stereocenters. The van der Waals surface area contributed by atoms with Crippen LogP contribution in [-0.2, 0) is 13.0 Å². The minimum absolute atomic E-state index is 0.0304. The molecule has 0 radical (unpaired) electrons. The van der Waals surface area contributed by atoms with Gasteiger partial charge in [-0.15, -0.1) is 0 Å². The van der Waals surface area contributed by atoms with Gasteiger partial charge in [-0.3, -0.25) is 4.79 Å². The third-order valence-corrected chi connectivity index (χ3v) is 5.70. The van der Waals surface area contributed by atoms with Crippen LogP contribution in [0.5, 0.6) is 5.75 Å². The summed E-state index contributed by atoms with van der Waals surface area (Å²) < 4.78 is 8.10. The predicted octanol–water partition coefficient (Wildman–Crippen LogP) is 6.46. The molecular weight excluding hydrogens is 382 g/mol. The Kier molecular flexibility index (Phi) is 5.01. The van der Waals surface area contributed by atoms with Gasteiger partial charge in [-0.2, -0.15) is 0 Å².